The van der Waals surface area contributed by atoms with Crippen molar-refractivity contribution in [3.63, 3.8) is 0 Å². The number of aliphatic hydroxyl groups excluding tert-OH is 1. The minimum Gasteiger partial charge on any atom is -0.393 e. The van der Waals surface area contributed by atoms with Crippen LogP contribution < -0.4 is 0 Å². The number of fused-ring (bicyclic) bond motifs is 3. The largest absolute Gasteiger partial charge is 0.393 e. The zero-order chi connectivity index (χ0) is 15.1. The Hall–Kier alpha value is -2.16. The Bertz CT molecular complexity index is 732. The summed E-state index contributed by atoms with van der Waals surface area (Å²) in [5.74, 6) is 0.0821. The van der Waals surface area contributed by atoms with Crippen LogP contribution in [0.2, 0.25) is 0 Å². The SMILES string of the molecule is N#CCN1CC[C@H](O)[C@@H]([C@H]2c3ccccc3-c3cncn32)C1. The molecule has 112 valence electrons. The molecule has 4 rings (SSSR count). The highest BCUT2D eigenvalue weighted by Crippen LogP contribution is 2.44. The van der Waals surface area contributed by atoms with Gasteiger partial charge < -0.3 is 9.67 Å². The van der Waals surface area contributed by atoms with Gasteiger partial charge in [-0.2, -0.15) is 5.26 Å². The van der Waals surface area contributed by atoms with Crippen LogP contribution in [-0.4, -0.2) is 45.3 Å². The van der Waals surface area contributed by atoms with Crippen LogP contribution >= 0.6 is 0 Å². The summed E-state index contributed by atoms with van der Waals surface area (Å²) in [7, 11) is 0. The fourth-order valence-corrected chi connectivity index (χ4v) is 3.90. The van der Waals surface area contributed by atoms with E-state index in [0.717, 1.165) is 25.2 Å². The number of hydrogen-bond acceptors (Lipinski definition) is 4. The van der Waals surface area contributed by atoms with E-state index < -0.39 is 0 Å². The van der Waals surface area contributed by atoms with Crippen LogP contribution in [-0.2, 0) is 0 Å². The van der Waals surface area contributed by atoms with E-state index in [-0.39, 0.29) is 18.1 Å². The van der Waals surface area contributed by atoms with Gasteiger partial charge in [0.2, 0.25) is 0 Å². The lowest BCUT2D eigenvalue weighted by Gasteiger charge is -2.38. The molecule has 0 unspecified atom stereocenters. The summed E-state index contributed by atoms with van der Waals surface area (Å²) in [6, 6.07) is 10.7. The maximum absolute atomic E-state index is 10.6. The normalized spacial score (nSPS) is 27.2. The van der Waals surface area contributed by atoms with Crippen molar-refractivity contribution in [2.45, 2.75) is 18.6 Å². The number of aromatic nitrogens is 2. The first kappa shape index (κ1) is 13.5. The fourth-order valence-electron chi connectivity index (χ4n) is 3.90. The molecule has 0 spiro atoms. The lowest BCUT2D eigenvalue weighted by molar-refractivity contribution is 0.0149. The van der Waals surface area contributed by atoms with Crippen LogP contribution in [0.1, 0.15) is 18.0 Å². The van der Waals surface area contributed by atoms with Crippen molar-refractivity contribution < 1.29 is 5.11 Å². The predicted molar refractivity (Wildman–Crippen MR) is 82.0 cm³/mol. The molecule has 0 amide bonds. The van der Waals surface area contributed by atoms with Gasteiger partial charge in [-0.3, -0.25) is 4.90 Å². The summed E-state index contributed by atoms with van der Waals surface area (Å²) < 4.78 is 2.18. The highest BCUT2D eigenvalue weighted by Gasteiger charge is 2.40. The van der Waals surface area contributed by atoms with Gasteiger partial charge in [0.15, 0.2) is 0 Å². The number of aliphatic hydroxyl groups is 1. The molecule has 5 nitrogen and oxygen atoms in total. The maximum Gasteiger partial charge on any atom is 0.0956 e. The summed E-state index contributed by atoms with van der Waals surface area (Å²) >= 11 is 0. The van der Waals surface area contributed by atoms with Gasteiger partial charge in [0.1, 0.15) is 0 Å². The zero-order valence-electron chi connectivity index (χ0n) is 12.3. The van der Waals surface area contributed by atoms with E-state index in [1.165, 1.54) is 11.1 Å². The average molecular weight is 294 g/mol. The third-order valence-electron chi connectivity index (χ3n) is 4.93. The highest BCUT2D eigenvalue weighted by atomic mass is 16.3. The zero-order valence-corrected chi connectivity index (χ0v) is 12.3. The maximum atomic E-state index is 10.6. The molecular weight excluding hydrogens is 276 g/mol. The Morgan fingerprint density at radius 3 is 3.09 bits per heavy atom. The molecule has 2 aromatic rings. The molecule has 5 heteroatoms. The van der Waals surface area contributed by atoms with E-state index in [1.54, 1.807) is 0 Å². The number of nitriles is 1. The number of rotatable bonds is 2. The molecular formula is C17H18N4O. The second-order valence-electron chi connectivity index (χ2n) is 6.13. The molecule has 0 aliphatic carbocycles. The molecule has 2 aliphatic heterocycles. The second-order valence-corrected chi connectivity index (χ2v) is 6.13. The summed E-state index contributed by atoms with van der Waals surface area (Å²) in [6.45, 7) is 1.95. The smallest absolute Gasteiger partial charge is 0.0956 e. The standard InChI is InChI=1S/C17H18N4O/c18-6-8-20-7-5-16(22)14(10-20)17-13-4-2-1-3-12(13)15-9-19-11-21(15)17/h1-4,9,11,14,16-17,22H,5,7-8,10H2/t14-,16-,17+/m0/s1. The number of hydrogen-bond donors (Lipinski definition) is 1. The molecule has 1 aromatic carbocycles. The molecule has 1 aromatic heterocycles. The van der Waals surface area contributed by atoms with E-state index in [1.807, 2.05) is 24.7 Å². The molecule has 0 saturated carbocycles. The lowest BCUT2D eigenvalue weighted by Crippen LogP contribution is -2.46. The van der Waals surface area contributed by atoms with Crippen LogP contribution in [0.4, 0.5) is 0 Å². The third kappa shape index (κ3) is 1.96. The van der Waals surface area contributed by atoms with Crippen molar-refractivity contribution in [2.75, 3.05) is 19.6 Å². The molecule has 3 atom stereocenters. The van der Waals surface area contributed by atoms with Crippen LogP contribution in [0.15, 0.2) is 36.8 Å². The molecule has 1 fully saturated rings. The Morgan fingerprint density at radius 1 is 1.36 bits per heavy atom. The van der Waals surface area contributed by atoms with E-state index in [9.17, 15) is 5.11 Å². The number of imidazole rings is 1. The summed E-state index contributed by atoms with van der Waals surface area (Å²) in [5.41, 5.74) is 3.57. The average Bonchev–Trinajstić information content (AvgIpc) is 3.10. The molecule has 22 heavy (non-hydrogen) atoms. The lowest BCUT2D eigenvalue weighted by atomic mass is 9.84. The van der Waals surface area contributed by atoms with Gasteiger partial charge in [-0.05, 0) is 12.0 Å². The first-order chi connectivity index (χ1) is 10.8. The van der Waals surface area contributed by atoms with Gasteiger partial charge in [0.25, 0.3) is 0 Å². The number of nitrogens with zero attached hydrogens (tertiary/aromatic N) is 4. The van der Waals surface area contributed by atoms with Crippen LogP contribution in [0.5, 0.6) is 0 Å². The highest BCUT2D eigenvalue weighted by molar-refractivity contribution is 5.69. The van der Waals surface area contributed by atoms with E-state index in [4.69, 9.17) is 5.26 Å². The molecule has 2 aliphatic rings. The van der Waals surface area contributed by atoms with Crippen LogP contribution in [0, 0.1) is 17.2 Å². The Kier molecular flexibility index (Phi) is 3.21. The molecule has 0 bridgehead atoms. The van der Waals surface area contributed by atoms with E-state index in [0.29, 0.717) is 6.54 Å². The topological polar surface area (TPSA) is 65.1 Å². The van der Waals surface area contributed by atoms with Gasteiger partial charge >= 0.3 is 0 Å². The van der Waals surface area contributed by atoms with Gasteiger partial charge in [-0.1, -0.05) is 24.3 Å². The molecule has 3 heterocycles. The van der Waals surface area contributed by atoms with Crippen molar-refractivity contribution in [1.29, 1.82) is 5.26 Å². The van der Waals surface area contributed by atoms with Crippen LogP contribution in [0.3, 0.4) is 0 Å². The van der Waals surface area contributed by atoms with E-state index >= 15 is 0 Å². The molecule has 1 saturated heterocycles. The number of benzene rings is 1. The van der Waals surface area contributed by atoms with Gasteiger partial charge in [0, 0.05) is 24.6 Å². The van der Waals surface area contributed by atoms with Crippen molar-refractivity contribution >= 4 is 0 Å². The monoisotopic (exact) mass is 294 g/mol. The van der Waals surface area contributed by atoms with Gasteiger partial charge in [0.05, 0.1) is 43.0 Å². The third-order valence-corrected chi connectivity index (χ3v) is 4.93. The molecule has 0 radical (unpaired) electrons. The fraction of sp³-hybridized carbons (Fsp3) is 0.412. The number of likely N-dealkylation sites (tertiary alicyclic amines) is 1. The first-order valence-electron chi connectivity index (χ1n) is 7.68. The second kappa shape index (κ2) is 5.24. The number of piperidine rings is 1. The van der Waals surface area contributed by atoms with E-state index in [2.05, 4.69) is 32.7 Å². The van der Waals surface area contributed by atoms with Crippen molar-refractivity contribution in [1.82, 2.24) is 14.5 Å². The van der Waals surface area contributed by atoms with Gasteiger partial charge in [-0.25, -0.2) is 4.98 Å². The summed E-state index contributed by atoms with van der Waals surface area (Å²) in [4.78, 5) is 6.42. The quantitative estimate of drug-likeness (QED) is 0.856. The predicted octanol–water partition coefficient (Wildman–Crippen LogP) is 1.66. The minimum atomic E-state index is -0.346. The van der Waals surface area contributed by atoms with Gasteiger partial charge in [-0.15, -0.1) is 0 Å². The first-order valence-corrected chi connectivity index (χ1v) is 7.68. The Balaban J connectivity index is 1.74. The Morgan fingerprint density at radius 2 is 2.23 bits per heavy atom. The summed E-state index contributed by atoms with van der Waals surface area (Å²) in [5, 5.41) is 19.5. The van der Waals surface area contributed by atoms with Crippen molar-refractivity contribution in [3.8, 4) is 17.3 Å². The Labute approximate surface area is 129 Å². The minimum absolute atomic E-state index is 0.0821. The van der Waals surface area contributed by atoms with Crippen LogP contribution in [0.25, 0.3) is 11.3 Å². The molecule has 1 N–H and O–H groups in total. The van der Waals surface area contributed by atoms with Crippen molar-refractivity contribution in [2.24, 2.45) is 5.92 Å². The summed E-state index contributed by atoms with van der Waals surface area (Å²) in [6.07, 6.45) is 4.12. The van der Waals surface area contributed by atoms with Crippen molar-refractivity contribution in [3.05, 3.63) is 42.4 Å².